The fourth-order valence-corrected chi connectivity index (χ4v) is 2.48. The quantitative estimate of drug-likeness (QED) is 0.646. The molecule has 0 aliphatic carbocycles. The van der Waals surface area contributed by atoms with E-state index in [0.29, 0.717) is 0 Å². The molecule has 15 heavy (non-hydrogen) atoms. The molecular weight excluding hydrogens is 184 g/mol. The summed E-state index contributed by atoms with van der Waals surface area (Å²) in [6.07, 6.45) is 1.13. The van der Waals surface area contributed by atoms with Crippen LogP contribution < -0.4 is 4.90 Å². The summed E-state index contributed by atoms with van der Waals surface area (Å²) in [6.45, 7) is 3.23. The summed E-state index contributed by atoms with van der Waals surface area (Å²) >= 11 is 0. The minimum absolute atomic E-state index is 1.11. The van der Waals surface area contributed by atoms with Crippen LogP contribution in [0.1, 0.15) is 11.3 Å². The summed E-state index contributed by atoms with van der Waals surface area (Å²) in [4.78, 5) is 6.99. The van der Waals surface area contributed by atoms with Crippen LogP contribution in [0.2, 0.25) is 0 Å². The summed E-state index contributed by atoms with van der Waals surface area (Å²) < 4.78 is 0. The zero-order valence-corrected chi connectivity index (χ0v) is 9.12. The van der Waals surface area contributed by atoms with Crippen LogP contribution in [0.5, 0.6) is 0 Å². The average Bonchev–Trinajstić information content (AvgIpc) is 2.62. The van der Waals surface area contributed by atoms with Crippen molar-refractivity contribution in [3.8, 4) is 0 Å². The van der Waals surface area contributed by atoms with Gasteiger partial charge in [0.15, 0.2) is 0 Å². The van der Waals surface area contributed by atoms with Gasteiger partial charge in [-0.2, -0.15) is 0 Å². The average molecular weight is 198 g/mol. The van der Waals surface area contributed by atoms with E-state index in [2.05, 4.69) is 48.1 Å². The standard InChI is InChI=1S/C13H14N2/c1-9-10-7-8-15(2)13(10)11-5-3-4-6-12(11)14-9/h3-6H,7-8H2,1-2H3. The van der Waals surface area contributed by atoms with Gasteiger partial charge in [-0.15, -0.1) is 0 Å². The summed E-state index contributed by atoms with van der Waals surface area (Å²) in [6, 6.07) is 8.40. The smallest absolute Gasteiger partial charge is 0.0726 e. The third-order valence-electron chi connectivity index (χ3n) is 3.25. The number of hydrogen-bond acceptors (Lipinski definition) is 2. The molecule has 2 nitrogen and oxygen atoms in total. The van der Waals surface area contributed by atoms with Gasteiger partial charge in [0.05, 0.1) is 11.2 Å². The topological polar surface area (TPSA) is 16.1 Å². The lowest BCUT2D eigenvalue weighted by molar-refractivity contribution is 0.952. The summed E-state index contributed by atoms with van der Waals surface area (Å²) in [5.41, 5.74) is 5.12. The number of aryl methyl sites for hydroxylation is 1. The lowest BCUT2D eigenvalue weighted by Gasteiger charge is -2.15. The van der Waals surface area contributed by atoms with Gasteiger partial charge in [-0.25, -0.2) is 0 Å². The van der Waals surface area contributed by atoms with Crippen molar-refractivity contribution in [1.29, 1.82) is 0 Å². The third kappa shape index (κ3) is 1.14. The largest absolute Gasteiger partial charge is 0.373 e. The van der Waals surface area contributed by atoms with Crippen LogP contribution in [0.3, 0.4) is 0 Å². The Bertz CT molecular complexity index is 531. The summed E-state index contributed by atoms with van der Waals surface area (Å²) in [7, 11) is 2.16. The van der Waals surface area contributed by atoms with Crippen LogP contribution in [0.15, 0.2) is 24.3 Å². The number of para-hydroxylation sites is 1. The molecule has 0 N–H and O–H groups in total. The van der Waals surface area contributed by atoms with Gasteiger partial charge >= 0.3 is 0 Å². The van der Waals surface area contributed by atoms with Gasteiger partial charge in [-0.3, -0.25) is 4.98 Å². The van der Waals surface area contributed by atoms with E-state index in [-0.39, 0.29) is 0 Å². The third-order valence-corrected chi connectivity index (χ3v) is 3.25. The number of fused-ring (bicyclic) bond motifs is 3. The highest BCUT2D eigenvalue weighted by Crippen LogP contribution is 2.35. The van der Waals surface area contributed by atoms with E-state index in [1.54, 1.807) is 0 Å². The fraction of sp³-hybridized carbons (Fsp3) is 0.308. The molecule has 0 saturated heterocycles. The zero-order valence-electron chi connectivity index (χ0n) is 9.12. The molecule has 0 fully saturated rings. The Morgan fingerprint density at radius 2 is 2.07 bits per heavy atom. The summed E-state index contributed by atoms with van der Waals surface area (Å²) in [5, 5.41) is 1.29. The molecule has 0 spiro atoms. The minimum Gasteiger partial charge on any atom is -0.373 e. The molecule has 0 saturated carbocycles. The van der Waals surface area contributed by atoms with Crippen molar-refractivity contribution in [3.63, 3.8) is 0 Å². The van der Waals surface area contributed by atoms with Crippen LogP contribution in [0.25, 0.3) is 10.9 Å². The Balaban J connectivity index is 2.45. The predicted molar refractivity (Wildman–Crippen MR) is 63.5 cm³/mol. The summed E-state index contributed by atoms with van der Waals surface area (Å²) in [5.74, 6) is 0. The highest BCUT2D eigenvalue weighted by molar-refractivity contribution is 5.94. The SMILES string of the molecule is Cc1nc2ccccc2c2c1CCN2C. The molecule has 0 unspecified atom stereocenters. The van der Waals surface area contributed by atoms with Crippen molar-refractivity contribution in [2.45, 2.75) is 13.3 Å². The molecule has 1 aromatic heterocycles. The Morgan fingerprint density at radius 3 is 2.93 bits per heavy atom. The van der Waals surface area contributed by atoms with Gasteiger partial charge in [-0.05, 0) is 25.0 Å². The molecule has 1 aromatic carbocycles. The van der Waals surface area contributed by atoms with Crippen LogP contribution in [-0.4, -0.2) is 18.6 Å². The Labute approximate surface area is 89.5 Å². The van der Waals surface area contributed by atoms with Crippen molar-refractivity contribution in [1.82, 2.24) is 4.98 Å². The first kappa shape index (κ1) is 8.72. The van der Waals surface area contributed by atoms with E-state index < -0.39 is 0 Å². The number of nitrogens with zero attached hydrogens (tertiary/aromatic N) is 2. The Kier molecular flexibility index (Phi) is 1.72. The number of likely N-dealkylation sites (N-methyl/N-ethyl adjacent to an activating group) is 1. The van der Waals surface area contributed by atoms with Gasteiger partial charge in [0.2, 0.25) is 0 Å². The maximum Gasteiger partial charge on any atom is 0.0726 e. The molecule has 3 rings (SSSR count). The zero-order chi connectivity index (χ0) is 10.4. The van der Waals surface area contributed by atoms with E-state index in [9.17, 15) is 0 Å². The number of anilines is 1. The Morgan fingerprint density at radius 1 is 1.27 bits per heavy atom. The maximum atomic E-state index is 4.66. The molecule has 2 aromatic rings. The van der Waals surface area contributed by atoms with E-state index in [0.717, 1.165) is 18.5 Å². The first-order valence-electron chi connectivity index (χ1n) is 5.37. The molecule has 2 heteroatoms. The normalized spacial score (nSPS) is 14.7. The second-order valence-corrected chi connectivity index (χ2v) is 4.21. The van der Waals surface area contributed by atoms with E-state index in [1.807, 2.05) is 0 Å². The van der Waals surface area contributed by atoms with Gasteiger partial charge in [-0.1, -0.05) is 18.2 Å². The lowest BCUT2D eigenvalue weighted by atomic mass is 10.1. The first-order valence-corrected chi connectivity index (χ1v) is 5.37. The van der Waals surface area contributed by atoms with Crippen molar-refractivity contribution in [2.24, 2.45) is 0 Å². The van der Waals surface area contributed by atoms with E-state index in [4.69, 9.17) is 0 Å². The number of aromatic nitrogens is 1. The predicted octanol–water partition coefficient (Wildman–Crippen LogP) is 2.54. The maximum absolute atomic E-state index is 4.66. The van der Waals surface area contributed by atoms with Crippen molar-refractivity contribution in [3.05, 3.63) is 35.5 Å². The molecule has 0 bridgehead atoms. The Hall–Kier alpha value is -1.57. The fourth-order valence-electron chi connectivity index (χ4n) is 2.48. The van der Waals surface area contributed by atoms with Crippen LogP contribution in [0, 0.1) is 6.92 Å². The molecule has 0 amide bonds. The second kappa shape index (κ2) is 2.96. The van der Waals surface area contributed by atoms with Gasteiger partial charge in [0.1, 0.15) is 0 Å². The number of hydrogen-bond donors (Lipinski definition) is 0. The monoisotopic (exact) mass is 198 g/mol. The van der Waals surface area contributed by atoms with Crippen molar-refractivity contribution in [2.75, 3.05) is 18.5 Å². The van der Waals surface area contributed by atoms with Crippen LogP contribution >= 0.6 is 0 Å². The minimum atomic E-state index is 1.11. The van der Waals surface area contributed by atoms with Crippen LogP contribution in [-0.2, 0) is 6.42 Å². The van der Waals surface area contributed by atoms with Gasteiger partial charge in [0.25, 0.3) is 0 Å². The molecule has 1 aliphatic rings. The van der Waals surface area contributed by atoms with Gasteiger partial charge < -0.3 is 4.90 Å². The van der Waals surface area contributed by atoms with Crippen molar-refractivity contribution >= 4 is 16.6 Å². The van der Waals surface area contributed by atoms with E-state index in [1.165, 1.54) is 22.3 Å². The first-order chi connectivity index (χ1) is 7.27. The molecule has 2 heterocycles. The van der Waals surface area contributed by atoms with Gasteiger partial charge in [0, 0.05) is 24.7 Å². The van der Waals surface area contributed by atoms with Crippen molar-refractivity contribution < 1.29 is 0 Å². The highest BCUT2D eigenvalue weighted by Gasteiger charge is 2.21. The second-order valence-electron chi connectivity index (χ2n) is 4.21. The van der Waals surface area contributed by atoms with Crippen LogP contribution in [0.4, 0.5) is 5.69 Å². The number of benzene rings is 1. The number of rotatable bonds is 0. The highest BCUT2D eigenvalue weighted by atomic mass is 15.1. The van der Waals surface area contributed by atoms with E-state index >= 15 is 0 Å². The molecular formula is C13H14N2. The molecule has 1 aliphatic heterocycles. The molecule has 0 atom stereocenters. The molecule has 76 valence electrons. The molecule has 0 radical (unpaired) electrons. The lowest BCUT2D eigenvalue weighted by Crippen LogP contribution is -2.12. The number of pyridine rings is 1.